The van der Waals surface area contributed by atoms with Gasteiger partial charge < -0.3 is 20.3 Å². The number of aromatic nitrogens is 4. The highest BCUT2D eigenvalue weighted by atomic mass is 19.4. The number of hydrogen-bond donors (Lipinski definition) is 3. The molecule has 2 aromatic heterocycles. The summed E-state index contributed by atoms with van der Waals surface area (Å²) in [6.45, 7) is 1.50. The average Bonchev–Trinajstić information content (AvgIpc) is 3.51. The zero-order valence-electron chi connectivity index (χ0n) is 17.7. The first kappa shape index (κ1) is 22.4. The van der Waals surface area contributed by atoms with E-state index < -0.39 is 11.7 Å². The molecule has 0 aliphatic carbocycles. The normalized spacial score (nSPS) is 13.8. The van der Waals surface area contributed by atoms with Gasteiger partial charge in [0.25, 0.3) is 5.91 Å². The Hall–Kier alpha value is -3.83. The van der Waals surface area contributed by atoms with E-state index in [0.717, 1.165) is 25.9 Å². The molecule has 3 heterocycles. The van der Waals surface area contributed by atoms with E-state index in [4.69, 9.17) is 4.74 Å². The van der Waals surface area contributed by atoms with Crippen LogP contribution in [-0.4, -0.2) is 51.2 Å². The zero-order chi connectivity index (χ0) is 23.4. The first-order valence-electron chi connectivity index (χ1n) is 10.3. The summed E-state index contributed by atoms with van der Waals surface area (Å²) in [4.78, 5) is 22.2. The van der Waals surface area contributed by atoms with Gasteiger partial charge in [-0.2, -0.15) is 23.3 Å². The molecule has 0 bridgehead atoms. The lowest BCUT2D eigenvalue weighted by Crippen LogP contribution is -2.27. The van der Waals surface area contributed by atoms with Crippen molar-refractivity contribution in [2.24, 2.45) is 0 Å². The average molecular weight is 461 g/mol. The maximum Gasteiger partial charge on any atom is 0.421 e. The molecule has 12 heteroatoms. The number of hydrogen-bond acceptors (Lipinski definition) is 7. The van der Waals surface area contributed by atoms with Crippen LogP contribution in [0.25, 0.3) is 0 Å². The zero-order valence-corrected chi connectivity index (χ0v) is 17.7. The fraction of sp³-hybridized carbons (Fsp3) is 0.333. The third-order valence-electron chi connectivity index (χ3n) is 5.19. The molecule has 0 saturated carbocycles. The van der Waals surface area contributed by atoms with E-state index in [-0.39, 0.29) is 24.2 Å². The number of anilines is 3. The van der Waals surface area contributed by atoms with Crippen LogP contribution in [-0.2, 0) is 12.7 Å². The highest BCUT2D eigenvalue weighted by molar-refractivity contribution is 5.95. The number of halogens is 3. The minimum absolute atomic E-state index is 0.0629. The summed E-state index contributed by atoms with van der Waals surface area (Å²) in [5, 5.41) is 12.0. The van der Waals surface area contributed by atoms with E-state index in [1.54, 1.807) is 29.2 Å². The number of amides is 1. The van der Waals surface area contributed by atoms with Gasteiger partial charge in [0.2, 0.25) is 5.95 Å². The number of H-pyrrole nitrogens is 1. The Morgan fingerprint density at radius 3 is 2.70 bits per heavy atom. The molecule has 1 aliphatic rings. The molecular weight excluding hydrogens is 439 g/mol. The summed E-state index contributed by atoms with van der Waals surface area (Å²) < 4.78 is 45.6. The lowest BCUT2D eigenvalue weighted by molar-refractivity contribution is -0.137. The standard InChI is InChI=1S/C21H22F3N7O2/c1-33-17-10-13(19(32)31-8-2-3-9-31)4-5-16(17)28-20-26-12-15(21(22,23)24)18(29-20)25-11-14-6-7-27-30-14/h4-7,10,12H,2-3,8-9,11H2,1H3,(H,27,30)(H2,25,26,28,29). The van der Waals surface area contributed by atoms with Gasteiger partial charge in [-0.15, -0.1) is 0 Å². The molecule has 3 aromatic rings. The van der Waals surface area contributed by atoms with E-state index in [1.165, 1.54) is 13.3 Å². The third kappa shape index (κ3) is 5.16. The largest absolute Gasteiger partial charge is 0.495 e. The molecule has 0 radical (unpaired) electrons. The molecule has 1 aliphatic heterocycles. The molecule has 0 atom stereocenters. The minimum Gasteiger partial charge on any atom is -0.495 e. The van der Waals surface area contributed by atoms with Crippen molar-refractivity contribution in [3.8, 4) is 5.75 Å². The summed E-state index contributed by atoms with van der Waals surface area (Å²) in [6.07, 6.45) is -0.472. The Labute approximate surface area is 187 Å². The molecule has 1 amide bonds. The molecule has 33 heavy (non-hydrogen) atoms. The fourth-order valence-electron chi connectivity index (χ4n) is 3.50. The van der Waals surface area contributed by atoms with Crippen molar-refractivity contribution in [1.29, 1.82) is 0 Å². The van der Waals surface area contributed by atoms with Crippen LogP contribution in [0, 0.1) is 0 Å². The van der Waals surface area contributed by atoms with Crippen LogP contribution in [0.15, 0.2) is 36.7 Å². The smallest absolute Gasteiger partial charge is 0.421 e. The number of rotatable bonds is 7. The molecule has 0 unspecified atom stereocenters. The van der Waals surface area contributed by atoms with Crippen molar-refractivity contribution in [2.75, 3.05) is 30.8 Å². The van der Waals surface area contributed by atoms with Gasteiger partial charge in [-0.05, 0) is 37.1 Å². The molecule has 174 valence electrons. The van der Waals surface area contributed by atoms with Gasteiger partial charge in [-0.1, -0.05) is 0 Å². The van der Waals surface area contributed by atoms with E-state index in [1.807, 2.05) is 0 Å². The monoisotopic (exact) mass is 461 g/mol. The fourth-order valence-corrected chi connectivity index (χ4v) is 3.50. The summed E-state index contributed by atoms with van der Waals surface area (Å²) in [5.74, 6) is -0.189. The number of benzene rings is 1. The van der Waals surface area contributed by atoms with Crippen molar-refractivity contribution < 1.29 is 22.7 Å². The predicted molar refractivity (Wildman–Crippen MR) is 114 cm³/mol. The molecule has 3 N–H and O–H groups in total. The topological polar surface area (TPSA) is 108 Å². The first-order chi connectivity index (χ1) is 15.8. The van der Waals surface area contributed by atoms with Crippen LogP contribution in [0.4, 0.5) is 30.6 Å². The SMILES string of the molecule is COc1cc(C(=O)N2CCCC2)ccc1Nc1ncc(C(F)(F)F)c(NCc2ccn[nH]2)n1. The van der Waals surface area contributed by atoms with Gasteiger partial charge in [-0.25, -0.2) is 4.98 Å². The van der Waals surface area contributed by atoms with Gasteiger partial charge >= 0.3 is 6.18 Å². The minimum atomic E-state index is -4.63. The number of alkyl halides is 3. The third-order valence-corrected chi connectivity index (χ3v) is 5.19. The number of likely N-dealkylation sites (tertiary alicyclic amines) is 1. The highest BCUT2D eigenvalue weighted by Gasteiger charge is 2.35. The second kappa shape index (κ2) is 9.35. The number of carbonyl (C=O) groups is 1. The highest BCUT2D eigenvalue weighted by Crippen LogP contribution is 2.35. The second-order valence-corrected chi connectivity index (χ2v) is 7.43. The lowest BCUT2D eigenvalue weighted by atomic mass is 10.1. The number of aromatic amines is 1. The Kier molecular flexibility index (Phi) is 6.33. The number of nitrogens with zero attached hydrogens (tertiary/aromatic N) is 4. The second-order valence-electron chi connectivity index (χ2n) is 7.43. The Morgan fingerprint density at radius 1 is 1.24 bits per heavy atom. The summed E-state index contributed by atoms with van der Waals surface area (Å²) >= 11 is 0. The molecule has 4 rings (SSSR count). The van der Waals surface area contributed by atoms with Crippen LogP contribution in [0.2, 0.25) is 0 Å². The molecule has 1 fully saturated rings. The van der Waals surface area contributed by atoms with Crippen LogP contribution in [0.5, 0.6) is 5.75 Å². The predicted octanol–water partition coefficient (Wildman–Crippen LogP) is 3.82. The maximum atomic E-state index is 13.4. The van der Waals surface area contributed by atoms with Crippen molar-refractivity contribution in [3.05, 3.63) is 53.5 Å². The summed E-state index contributed by atoms with van der Waals surface area (Å²) in [6, 6.07) is 6.47. The van der Waals surface area contributed by atoms with Crippen molar-refractivity contribution in [2.45, 2.75) is 25.6 Å². The van der Waals surface area contributed by atoms with E-state index in [0.29, 0.717) is 28.9 Å². The molecular formula is C21H22F3N7O2. The molecule has 9 nitrogen and oxygen atoms in total. The lowest BCUT2D eigenvalue weighted by Gasteiger charge is -2.17. The molecule has 1 aromatic carbocycles. The van der Waals surface area contributed by atoms with Gasteiger partial charge in [0.05, 0.1) is 25.0 Å². The summed E-state index contributed by atoms with van der Waals surface area (Å²) in [5.41, 5.74) is 0.478. The molecule has 1 saturated heterocycles. The molecule has 0 spiro atoms. The van der Waals surface area contributed by atoms with Crippen LogP contribution >= 0.6 is 0 Å². The van der Waals surface area contributed by atoms with Gasteiger partial charge in [-0.3, -0.25) is 9.89 Å². The van der Waals surface area contributed by atoms with Gasteiger partial charge in [0.1, 0.15) is 17.1 Å². The maximum absolute atomic E-state index is 13.4. The quantitative estimate of drug-likeness (QED) is 0.491. The van der Waals surface area contributed by atoms with Crippen LogP contribution < -0.4 is 15.4 Å². The van der Waals surface area contributed by atoms with Crippen LogP contribution in [0.1, 0.15) is 34.5 Å². The number of ether oxygens (including phenoxy) is 1. The van der Waals surface area contributed by atoms with Crippen LogP contribution in [0.3, 0.4) is 0 Å². The van der Waals surface area contributed by atoms with E-state index >= 15 is 0 Å². The number of methoxy groups -OCH3 is 1. The van der Waals surface area contributed by atoms with Gasteiger partial charge in [0.15, 0.2) is 0 Å². The van der Waals surface area contributed by atoms with E-state index in [2.05, 4.69) is 30.8 Å². The van der Waals surface area contributed by atoms with Crippen molar-refractivity contribution in [1.82, 2.24) is 25.1 Å². The number of nitrogens with one attached hydrogen (secondary N) is 3. The number of carbonyl (C=O) groups excluding carboxylic acids is 1. The van der Waals surface area contributed by atoms with Crippen molar-refractivity contribution >= 4 is 23.4 Å². The van der Waals surface area contributed by atoms with E-state index in [9.17, 15) is 18.0 Å². The van der Waals surface area contributed by atoms with Gasteiger partial charge in [0, 0.05) is 31.0 Å². The Balaban J connectivity index is 1.57. The van der Waals surface area contributed by atoms with Crippen molar-refractivity contribution in [3.63, 3.8) is 0 Å². The Bertz CT molecular complexity index is 1110. The Morgan fingerprint density at radius 2 is 2.03 bits per heavy atom. The summed E-state index contributed by atoms with van der Waals surface area (Å²) in [7, 11) is 1.44. The first-order valence-corrected chi connectivity index (χ1v) is 10.3.